The quantitative estimate of drug-likeness (QED) is 0.788. The van der Waals surface area contributed by atoms with Gasteiger partial charge >= 0.3 is 0 Å². The standard InChI is InChI=1S/C20H24N2O4S/c1-4-22(15-8-6-5-7-9-15)27(24,25)16-10-11-19(26-3)18(13-16)21-20(23)17-12-14(17)2/h5-11,13-14,17H,4,12H2,1-3H3,(H,21,23)/t14-,17-/m1/s1. The van der Waals surface area contributed by atoms with Crippen LogP contribution in [-0.2, 0) is 14.8 Å². The molecule has 0 heterocycles. The summed E-state index contributed by atoms with van der Waals surface area (Å²) in [4.78, 5) is 12.4. The number of nitrogens with one attached hydrogen (secondary N) is 1. The minimum Gasteiger partial charge on any atom is -0.495 e. The van der Waals surface area contributed by atoms with Gasteiger partial charge in [0.1, 0.15) is 5.75 Å². The number of anilines is 2. The van der Waals surface area contributed by atoms with Gasteiger partial charge < -0.3 is 10.1 Å². The van der Waals surface area contributed by atoms with Crippen molar-refractivity contribution in [2.24, 2.45) is 11.8 Å². The van der Waals surface area contributed by atoms with E-state index in [4.69, 9.17) is 4.74 Å². The Balaban J connectivity index is 1.95. The predicted molar refractivity (Wildman–Crippen MR) is 106 cm³/mol. The van der Waals surface area contributed by atoms with E-state index in [1.54, 1.807) is 37.3 Å². The van der Waals surface area contributed by atoms with Gasteiger partial charge in [-0.05, 0) is 49.6 Å². The number of carbonyl (C=O) groups excluding carboxylic acids is 1. The minimum absolute atomic E-state index is 0.0218. The summed E-state index contributed by atoms with van der Waals surface area (Å²) in [6, 6.07) is 13.5. The molecule has 1 aliphatic rings. The molecule has 0 aromatic heterocycles. The molecule has 2 aromatic carbocycles. The Morgan fingerprint density at radius 3 is 2.44 bits per heavy atom. The van der Waals surface area contributed by atoms with E-state index in [2.05, 4.69) is 5.32 Å². The lowest BCUT2D eigenvalue weighted by Crippen LogP contribution is -2.30. The van der Waals surface area contributed by atoms with Crippen LogP contribution in [0, 0.1) is 11.8 Å². The monoisotopic (exact) mass is 388 g/mol. The third-order valence-electron chi connectivity index (χ3n) is 4.79. The highest BCUT2D eigenvalue weighted by Gasteiger charge is 2.39. The molecular weight excluding hydrogens is 364 g/mol. The normalized spacial score (nSPS) is 18.6. The Morgan fingerprint density at radius 1 is 1.22 bits per heavy atom. The molecule has 0 saturated heterocycles. The summed E-state index contributed by atoms with van der Waals surface area (Å²) in [7, 11) is -2.29. The Labute approximate surface area is 160 Å². The van der Waals surface area contributed by atoms with Crippen LogP contribution in [0.4, 0.5) is 11.4 Å². The molecule has 3 rings (SSSR count). The summed E-state index contributed by atoms with van der Waals surface area (Å²) >= 11 is 0. The van der Waals surface area contributed by atoms with Gasteiger partial charge in [-0.25, -0.2) is 8.42 Å². The maximum absolute atomic E-state index is 13.2. The molecule has 1 saturated carbocycles. The first-order valence-electron chi connectivity index (χ1n) is 8.95. The van der Waals surface area contributed by atoms with E-state index in [9.17, 15) is 13.2 Å². The van der Waals surface area contributed by atoms with E-state index in [1.807, 2.05) is 13.0 Å². The number of carbonyl (C=O) groups is 1. The van der Waals surface area contributed by atoms with E-state index in [-0.39, 0.29) is 16.7 Å². The largest absolute Gasteiger partial charge is 0.495 e. The molecule has 0 radical (unpaired) electrons. The minimum atomic E-state index is -3.78. The van der Waals surface area contributed by atoms with Crippen LogP contribution in [0.2, 0.25) is 0 Å². The predicted octanol–water partition coefficient (Wildman–Crippen LogP) is 3.50. The fraction of sp³-hybridized carbons (Fsp3) is 0.350. The maximum atomic E-state index is 13.2. The van der Waals surface area contributed by atoms with Crippen molar-refractivity contribution in [2.75, 3.05) is 23.3 Å². The molecule has 0 unspecified atom stereocenters. The zero-order valence-corrected chi connectivity index (χ0v) is 16.5. The summed E-state index contributed by atoms with van der Waals surface area (Å²) in [5.41, 5.74) is 0.958. The molecule has 0 aliphatic heterocycles. The fourth-order valence-corrected chi connectivity index (χ4v) is 4.57. The zero-order valence-electron chi connectivity index (χ0n) is 15.7. The van der Waals surface area contributed by atoms with Crippen LogP contribution in [0.5, 0.6) is 5.75 Å². The average Bonchev–Trinajstić information content (AvgIpc) is 3.40. The molecule has 1 N–H and O–H groups in total. The first-order chi connectivity index (χ1) is 12.9. The molecule has 1 aliphatic carbocycles. The second kappa shape index (κ2) is 7.60. The van der Waals surface area contributed by atoms with Crippen molar-refractivity contribution in [3.63, 3.8) is 0 Å². The molecule has 6 nitrogen and oxygen atoms in total. The summed E-state index contributed by atoms with van der Waals surface area (Å²) < 4.78 is 33.0. The molecule has 2 aromatic rings. The molecule has 1 fully saturated rings. The molecule has 27 heavy (non-hydrogen) atoms. The Hall–Kier alpha value is -2.54. The molecule has 144 valence electrons. The molecular formula is C20H24N2O4S. The SMILES string of the molecule is CCN(c1ccccc1)S(=O)(=O)c1ccc(OC)c(NC(=O)[C@@H]2C[C@H]2C)c1. The van der Waals surface area contributed by atoms with Gasteiger partial charge in [0.2, 0.25) is 5.91 Å². The van der Waals surface area contributed by atoms with Crippen LogP contribution >= 0.6 is 0 Å². The van der Waals surface area contributed by atoms with E-state index in [0.29, 0.717) is 29.6 Å². The van der Waals surface area contributed by atoms with Crippen LogP contribution in [0.1, 0.15) is 20.3 Å². The maximum Gasteiger partial charge on any atom is 0.264 e. The lowest BCUT2D eigenvalue weighted by atomic mass is 10.2. The number of ether oxygens (including phenoxy) is 1. The number of benzene rings is 2. The van der Waals surface area contributed by atoms with Gasteiger partial charge in [0.25, 0.3) is 10.0 Å². The third-order valence-corrected chi connectivity index (χ3v) is 6.69. The van der Waals surface area contributed by atoms with E-state index in [0.717, 1.165) is 6.42 Å². The summed E-state index contributed by atoms with van der Waals surface area (Å²) in [5.74, 6) is 0.659. The van der Waals surface area contributed by atoms with Crippen LogP contribution in [0.25, 0.3) is 0 Å². The fourth-order valence-electron chi connectivity index (χ4n) is 3.07. The molecule has 2 atom stereocenters. The van der Waals surface area contributed by atoms with Crippen molar-refractivity contribution in [2.45, 2.75) is 25.2 Å². The highest BCUT2D eigenvalue weighted by Crippen LogP contribution is 2.39. The van der Waals surface area contributed by atoms with Crippen LogP contribution < -0.4 is 14.4 Å². The van der Waals surface area contributed by atoms with Gasteiger partial charge in [0.15, 0.2) is 0 Å². The number of nitrogens with zero attached hydrogens (tertiary/aromatic N) is 1. The highest BCUT2D eigenvalue weighted by atomic mass is 32.2. The number of amides is 1. The van der Waals surface area contributed by atoms with Crippen LogP contribution in [-0.4, -0.2) is 28.0 Å². The van der Waals surface area contributed by atoms with E-state index in [1.165, 1.54) is 23.5 Å². The third kappa shape index (κ3) is 3.93. The van der Waals surface area contributed by atoms with Crippen molar-refractivity contribution in [1.82, 2.24) is 0 Å². The summed E-state index contributed by atoms with van der Waals surface area (Å²) in [5, 5.41) is 2.82. The molecule has 0 bridgehead atoms. The first kappa shape index (κ1) is 19.2. The van der Waals surface area contributed by atoms with Gasteiger partial charge in [-0.2, -0.15) is 0 Å². The number of rotatable bonds is 7. The second-order valence-corrected chi connectivity index (χ2v) is 8.54. The van der Waals surface area contributed by atoms with Crippen molar-refractivity contribution >= 4 is 27.3 Å². The van der Waals surface area contributed by atoms with Gasteiger partial charge in [-0.1, -0.05) is 25.1 Å². The average molecular weight is 388 g/mol. The summed E-state index contributed by atoms with van der Waals surface area (Å²) in [6.07, 6.45) is 0.851. The number of sulfonamides is 1. The Morgan fingerprint density at radius 2 is 1.89 bits per heavy atom. The number of hydrogen-bond donors (Lipinski definition) is 1. The topological polar surface area (TPSA) is 75.7 Å². The lowest BCUT2D eigenvalue weighted by molar-refractivity contribution is -0.117. The Bertz CT molecular complexity index is 928. The second-order valence-electron chi connectivity index (χ2n) is 6.68. The number of hydrogen-bond acceptors (Lipinski definition) is 4. The number of methoxy groups -OCH3 is 1. The smallest absolute Gasteiger partial charge is 0.264 e. The van der Waals surface area contributed by atoms with Crippen molar-refractivity contribution in [1.29, 1.82) is 0 Å². The summed E-state index contributed by atoms with van der Waals surface area (Å²) in [6.45, 7) is 4.09. The van der Waals surface area contributed by atoms with E-state index >= 15 is 0 Å². The molecule has 0 spiro atoms. The lowest BCUT2D eigenvalue weighted by Gasteiger charge is -2.23. The van der Waals surface area contributed by atoms with Crippen LogP contribution in [0.3, 0.4) is 0 Å². The molecule has 1 amide bonds. The first-order valence-corrected chi connectivity index (χ1v) is 10.4. The van der Waals surface area contributed by atoms with Crippen molar-refractivity contribution in [3.05, 3.63) is 48.5 Å². The zero-order chi connectivity index (χ0) is 19.6. The van der Waals surface area contributed by atoms with Crippen LogP contribution in [0.15, 0.2) is 53.4 Å². The van der Waals surface area contributed by atoms with E-state index < -0.39 is 10.0 Å². The highest BCUT2D eigenvalue weighted by molar-refractivity contribution is 7.92. The number of para-hydroxylation sites is 1. The van der Waals surface area contributed by atoms with Gasteiger partial charge in [-0.3, -0.25) is 9.10 Å². The van der Waals surface area contributed by atoms with Gasteiger partial charge in [0, 0.05) is 12.5 Å². The Kier molecular flexibility index (Phi) is 5.41. The van der Waals surface area contributed by atoms with Crippen molar-refractivity contribution in [3.8, 4) is 5.75 Å². The molecule has 7 heteroatoms. The van der Waals surface area contributed by atoms with Crippen molar-refractivity contribution < 1.29 is 17.9 Å². The van der Waals surface area contributed by atoms with Gasteiger partial charge in [0.05, 0.1) is 23.4 Å². The van der Waals surface area contributed by atoms with Gasteiger partial charge in [-0.15, -0.1) is 0 Å².